The number of benzene rings is 1. The van der Waals surface area contributed by atoms with Crippen LogP contribution in [0.5, 0.6) is 5.75 Å². The van der Waals surface area contributed by atoms with Gasteiger partial charge in [0.25, 0.3) is 0 Å². The molecule has 0 aliphatic carbocycles. The molecule has 4 aliphatic heterocycles. The molecule has 1 spiro atoms. The third kappa shape index (κ3) is 2.42. The molecule has 2 bridgehead atoms. The van der Waals surface area contributed by atoms with Gasteiger partial charge in [-0.05, 0) is 31.0 Å². The van der Waals surface area contributed by atoms with Gasteiger partial charge in [0.05, 0.1) is 31.1 Å². The molecule has 4 heterocycles. The Hall–Kier alpha value is -2.34. The van der Waals surface area contributed by atoms with Crippen LogP contribution in [0.3, 0.4) is 0 Å². The average molecular weight is 368 g/mol. The highest BCUT2D eigenvalue weighted by Crippen LogP contribution is 2.52. The fraction of sp³-hybridized carbons (Fsp3) is 0.524. The van der Waals surface area contributed by atoms with Crippen molar-refractivity contribution in [3.05, 3.63) is 41.5 Å². The third-order valence-corrected chi connectivity index (χ3v) is 6.28. The summed E-state index contributed by atoms with van der Waals surface area (Å²) in [7, 11) is 0. The van der Waals surface area contributed by atoms with Gasteiger partial charge in [-0.3, -0.25) is 9.59 Å². The minimum Gasteiger partial charge on any atom is -0.493 e. The lowest BCUT2D eigenvalue weighted by Crippen LogP contribution is -2.44. The summed E-state index contributed by atoms with van der Waals surface area (Å²) in [6.07, 6.45) is 4.55. The maximum absolute atomic E-state index is 13.0. The monoisotopic (exact) mass is 368 g/mol. The van der Waals surface area contributed by atoms with E-state index in [9.17, 15) is 9.59 Å². The normalized spacial score (nSPS) is 32.8. The molecule has 1 aromatic rings. The Bertz CT molecular complexity index is 849. The largest absolute Gasteiger partial charge is 0.493 e. The fourth-order valence-corrected chi connectivity index (χ4v) is 4.92. The standard InChI is InChI=1S/C21H24N2O4/c1-12(2)23-11-21-7-5-16(27-21)17(18(21)20(23)25)19(24)22-10-13-3-4-15-14(9-13)6-8-26-15/h3-5,7,9,12,16-18H,6,8,10-11H2,1-2H3,(H,22,24)/t16-,17-,18+,21-/m1/s1. The van der Waals surface area contributed by atoms with E-state index in [4.69, 9.17) is 9.47 Å². The van der Waals surface area contributed by atoms with Gasteiger partial charge in [0.1, 0.15) is 11.4 Å². The van der Waals surface area contributed by atoms with Crippen LogP contribution in [0.1, 0.15) is 25.0 Å². The zero-order valence-corrected chi connectivity index (χ0v) is 15.6. The van der Waals surface area contributed by atoms with Crippen LogP contribution in [0.4, 0.5) is 0 Å². The molecule has 1 N–H and O–H groups in total. The van der Waals surface area contributed by atoms with E-state index < -0.39 is 17.4 Å². The topological polar surface area (TPSA) is 67.9 Å². The van der Waals surface area contributed by atoms with Crippen LogP contribution in [-0.2, 0) is 27.3 Å². The van der Waals surface area contributed by atoms with E-state index in [0.29, 0.717) is 13.1 Å². The Morgan fingerprint density at radius 1 is 1.41 bits per heavy atom. The van der Waals surface area contributed by atoms with E-state index in [-0.39, 0.29) is 24.0 Å². The van der Waals surface area contributed by atoms with Crippen LogP contribution in [-0.4, -0.2) is 47.6 Å². The molecule has 6 nitrogen and oxygen atoms in total. The molecule has 27 heavy (non-hydrogen) atoms. The van der Waals surface area contributed by atoms with Crippen molar-refractivity contribution in [2.45, 2.75) is 44.6 Å². The zero-order chi connectivity index (χ0) is 18.8. The first-order chi connectivity index (χ1) is 13.0. The second-order valence-corrected chi connectivity index (χ2v) is 8.22. The van der Waals surface area contributed by atoms with Crippen molar-refractivity contribution in [1.29, 1.82) is 0 Å². The summed E-state index contributed by atoms with van der Waals surface area (Å²) in [5.74, 6) is -0.00470. The molecule has 0 radical (unpaired) electrons. The molecule has 6 heteroatoms. The van der Waals surface area contributed by atoms with E-state index in [2.05, 4.69) is 11.4 Å². The lowest BCUT2D eigenvalue weighted by Gasteiger charge is -2.24. The summed E-state index contributed by atoms with van der Waals surface area (Å²) in [5, 5.41) is 3.03. The molecule has 0 saturated carbocycles. The predicted molar refractivity (Wildman–Crippen MR) is 98.1 cm³/mol. The molecule has 0 aromatic heterocycles. The van der Waals surface area contributed by atoms with Gasteiger partial charge < -0.3 is 19.7 Å². The Labute approximate surface area is 158 Å². The molecule has 4 aliphatic rings. The molecule has 142 valence electrons. The van der Waals surface area contributed by atoms with Crippen molar-refractivity contribution in [2.24, 2.45) is 11.8 Å². The number of carbonyl (C=O) groups is 2. The number of hydrogen-bond donors (Lipinski definition) is 1. The van der Waals surface area contributed by atoms with Crippen molar-refractivity contribution >= 4 is 11.8 Å². The smallest absolute Gasteiger partial charge is 0.230 e. The molecule has 2 amide bonds. The molecule has 0 unspecified atom stereocenters. The molecule has 2 saturated heterocycles. The highest BCUT2D eigenvalue weighted by Gasteiger charge is 2.66. The summed E-state index contributed by atoms with van der Waals surface area (Å²) in [6.45, 7) is 5.70. The Morgan fingerprint density at radius 3 is 3.07 bits per heavy atom. The van der Waals surface area contributed by atoms with Crippen molar-refractivity contribution < 1.29 is 19.1 Å². The summed E-state index contributed by atoms with van der Waals surface area (Å²) < 4.78 is 11.7. The van der Waals surface area contributed by atoms with E-state index in [1.54, 1.807) is 0 Å². The number of nitrogens with one attached hydrogen (secondary N) is 1. The summed E-state index contributed by atoms with van der Waals surface area (Å²) in [6, 6.07) is 6.13. The predicted octanol–water partition coefficient (Wildman–Crippen LogP) is 1.43. The van der Waals surface area contributed by atoms with Gasteiger partial charge >= 0.3 is 0 Å². The van der Waals surface area contributed by atoms with Gasteiger partial charge in [0.2, 0.25) is 11.8 Å². The Kier molecular flexibility index (Phi) is 3.63. The van der Waals surface area contributed by atoms with E-state index in [1.165, 1.54) is 5.56 Å². The molecular weight excluding hydrogens is 344 g/mol. The summed E-state index contributed by atoms with van der Waals surface area (Å²) >= 11 is 0. The minimum atomic E-state index is -0.626. The van der Waals surface area contributed by atoms with Crippen LogP contribution in [0.15, 0.2) is 30.4 Å². The van der Waals surface area contributed by atoms with E-state index in [1.807, 2.05) is 43.0 Å². The fourth-order valence-electron chi connectivity index (χ4n) is 4.92. The van der Waals surface area contributed by atoms with Crippen LogP contribution < -0.4 is 10.1 Å². The number of likely N-dealkylation sites (tertiary alicyclic amines) is 1. The molecule has 1 aromatic carbocycles. The van der Waals surface area contributed by atoms with Crippen LogP contribution >= 0.6 is 0 Å². The molecular formula is C21H24N2O4. The van der Waals surface area contributed by atoms with Gasteiger partial charge in [-0.2, -0.15) is 0 Å². The second kappa shape index (κ2) is 5.83. The molecule has 2 fully saturated rings. The molecule has 4 atom stereocenters. The lowest BCUT2D eigenvalue weighted by molar-refractivity contribution is -0.138. The number of hydrogen-bond acceptors (Lipinski definition) is 4. The lowest BCUT2D eigenvalue weighted by atomic mass is 9.77. The van der Waals surface area contributed by atoms with E-state index >= 15 is 0 Å². The van der Waals surface area contributed by atoms with Crippen LogP contribution in [0.25, 0.3) is 0 Å². The second-order valence-electron chi connectivity index (χ2n) is 8.22. The number of nitrogens with zero attached hydrogens (tertiary/aromatic N) is 1. The van der Waals surface area contributed by atoms with Crippen LogP contribution in [0, 0.1) is 11.8 Å². The maximum Gasteiger partial charge on any atom is 0.230 e. The van der Waals surface area contributed by atoms with Gasteiger partial charge in [-0.25, -0.2) is 0 Å². The quantitative estimate of drug-likeness (QED) is 0.817. The zero-order valence-electron chi connectivity index (χ0n) is 15.6. The first-order valence-corrected chi connectivity index (χ1v) is 9.68. The number of ether oxygens (including phenoxy) is 2. The van der Waals surface area contributed by atoms with E-state index in [0.717, 1.165) is 24.3 Å². The summed E-state index contributed by atoms with van der Waals surface area (Å²) in [5.41, 5.74) is 1.60. The van der Waals surface area contributed by atoms with Gasteiger partial charge in [0.15, 0.2) is 0 Å². The number of amides is 2. The van der Waals surface area contributed by atoms with Crippen molar-refractivity contribution in [1.82, 2.24) is 10.2 Å². The van der Waals surface area contributed by atoms with Gasteiger partial charge in [-0.1, -0.05) is 24.3 Å². The average Bonchev–Trinajstić information content (AvgIpc) is 3.39. The SMILES string of the molecule is CC(C)N1C[C@@]23C=C[C@@H](O2)[C@@H](C(=O)NCc2ccc4c(c2)CCO4)[C@H]3C1=O. The Balaban J connectivity index is 1.32. The van der Waals surface area contributed by atoms with Gasteiger partial charge in [0, 0.05) is 19.0 Å². The highest BCUT2D eigenvalue weighted by atomic mass is 16.5. The van der Waals surface area contributed by atoms with Crippen molar-refractivity contribution in [2.75, 3.05) is 13.2 Å². The Morgan fingerprint density at radius 2 is 2.26 bits per heavy atom. The van der Waals surface area contributed by atoms with Gasteiger partial charge in [-0.15, -0.1) is 0 Å². The number of fused-ring (bicyclic) bond motifs is 2. The third-order valence-electron chi connectivity index (χ3n) is 6.28. The number of rotatable bonds is 4. The summed E-state index contributed by atoms with van der Waals surface area (Å²) in [4.78, 5) is 27.8. The maximum atomic E-state index is 13.0. The molecule has 5 rings (SSSR count). The van der Waals surface area contributed by atoms with Crippen LogP contribution in [0.2, 0.25) is 0 Å². The first kappa shape index (κ1) is 16.8. The number of carbonyl (C=O) groups excluding carboxylic acids is 2. The van der Waals surface area contributed by atoms with Crippen molar-refractivity contribution in [3.63, 3.8) is 0 Å². The minimum absolute atomic E-state index is 0.0340. The van der Waals surface area contributed by atoms with Crippen molar-refractivity contribution in [3.8, 4) is 5.75 Å². The first-order valence-electron chi connectivity index (χ1n) is 9.68. The highest BCUT2D eigenvalue weighted by molar-refractivity contribution is 5.93.